The highest BCUT2D eigenvalue weighted by molar-refractivity contribution is 7.89. The Morgan fingerprint density at radius 3 is 2.77 bits per heavy atom. The van der Waals surface area contributed by atoms with Crippen LogP contribution >= 0.6 is 22.7 Å². The van der Waals surface area contributed by atoms with E-state index in [0.29, 0.717) is 46.0 Å². The number of thiophene rings is 1. The number of nitrogens with one attached hydrogen (secondary N) is 1. The Balaban J connectivity index is 1.52. The first-order valence-electron chi connectivity index (χ1n) is 9.38. The third-order valence-corrected chi connectivity index (χ3v) is 8.88. The molecule has 0 unspecified atom stereocenters. The first kappa shape index (κ1) is 21.1. The van der Waals surface area contributed by atoms with E-state index < -0.39 is 15.9 Å². The van der Waals surface area contributed by atoms with E-state index in [1.807, 2.05) is 12.3 Å². The summed E-state index contributed by atoms with van der Waals surface area (Å²) in [5, 5.41) is 9.07. The molecule has 1 atom stereocenters. The van der Waals surface area contributed by atoms with Crippen molar-refractivity contribution in [3.8, 4) is 10.7 Å². The minimum Gasteiger partial charge on any atom is -0.339 e. The lowest BCUT2D eigenvalue weighted by Gasteiger charge is -2.31. The van der Waals surface area contributed by atoms with Gasteiger partial charge < -0.3 is 9.84 Å². The van der Waals surface area contributed by atoms with Crippen LogP contribution in [-0.4, -0.2) is 46.8 Å². The number of amides is 1. The van der Waals surface area contributed by atoms with E-state index in [0.717, 1.165) is 5.69 Å². The smallest absolute Gasteiger partial charge is 0.244 e. The fraction of sp³-hybridized carbons (Fsp3) is 0.444. The molecule has 9 nitrogen and oxygen atoms in total. The third kappa shape index (κ3) is 4.17. The summed E-state index contributed by atoms with van der Waals surface area (Å²) in [6, 6.07) is 1.58. The van der Waals surface area contributed by atoms with Crippen LogP contribution < -0.4 is 5.32 Å². The quantitative estimate of drug-likeness (QED) is 0.612. The summed E-state index contributed by atoms with van der Waals surface area (Å²) in [7, 11) is -3.74. The number of hydrogen-bond acceptors (Lipinski definition) is 9. The van der Waals surface area contributed by atoms with Crippen molar-refractivity contribution in [2.75, 3.05) is 18.4 Å². The van der Waals surface area contributed by atoms with Gasteiger partial charge in [-0.15, -0.1) is 22.7 Å². The Kier molecular flexibility index (Phi) is 5.75. The largest absolute Gasteiger partial charge is 0.339 e. The molecule has 3 aromatic heterocycles. The second-order valence-electron chi connectivity index (χ2n) is 7.15. The molecule has 3 aromatic rings. The van der Waals surface area contributed by atoms with Crippen molar-refractivity contribution in [1.29, 1.82) is 0 Å². The van der Waals surface area contributed by atoms with Crippen LogP contribution in [0, 0.1) is 26.7 Å². The summed E-state index contributed by atoms with van der Waals surface area (Å²) < 4.78 is 33.0. The summed E-state index contributed by atoms with van der Waals surface area (Å²) >= 11 is 2.66. The topological polar surface area (TPSA) is 118 Å². The average Bonchev–Trinajstić information content (AvgIpc) is 3.42. The normalized spacial score (nSPS) is 17.9. The van der Waals surface area contributed by atoms with Crippen LogP contribution in [-0.2, 0) is 14.8 Å². The number of rotatable bonds is 5. The van der Waals surface area contributed by atoms with E-state index in [-0.39, 0.29) is 17.3 Å². The average molecular weight is 468 g/mol. The molecule has 0 radical (unpaired) electrons. The molecule has 0 spiro atoms. The molecule has 4 rings (SSSR count). The van der Waals surface area contributed by atoms with Crippen LogP contribution in [0.5, 0.6) is 0 Å². The lowest BCUT2D eigenvalue weighted by molar-refractivity contribution is -0.120. The zero-order valence-electron chi connectivity index (χ0n) is 16.7. The Labute approximate surface area is 182 Å². The Morgan fingerprint density at radius 1 is 1.30 bits per heavy atom. The zero-order valence-corrected chi connectivity index (χ0v) is 19.2. The van der Waals surface area contributed by atoms with E-state index in [1.54, 1.807) is 19.9 Å². The van der Waals surface area contributed by atoms with Gasteiger partial charge in [0.2, 0.25) is 27.6 Å². The lowest BCUT2D eigenvalue weighted by atomic mass is 9.99. The number of piperidine rings is 1. The fourth-order valence-electron chi connectivity index (χ4n) is 3.36. The number of carbonyl (C=O) groups is 1. The second kappa shape index (κ2) is 8.17. The van der Waals surface area contributed by atoms with Crippen LogP contribution in [0.15, 0.2) is 20.9 Å². The molecule has 0 aromatic carbocycles. The van der Waals surface area contributed by atoms with Gasteiger partial charge >= 0.3 is 0 Å². The fourth-order valence-corrected chi connectivity index (χ4v) is 7.06. The molecule has 12 heteroatoms. The van der Waals surface area contributed by atoms with Gasteiger partial charge in [0.15, 0.2) is 5.13 Å². The Bertz CT molecular complexity index is 1180. The standard InChI is InChI=1S/C18H21N5O4S3/c1-10-9-28-18(19-10)21-17(24)13-5-4-6-23(8-13)30(25,26)15-7-14(29-11(15)2)16-20-12(3)27-22-16/h7,9,13H,4-6,8H2,1-3H3,(H,19,21,24)/t13-/m0/s1. The summed E-state index contributed by atoms with van der Waals surface area (Å²) in [5.41, 5.74) is 0.837. The molecular weight excluding hydrogens is 446 g/mol. The Morgan fingerprint density at radius 2 is 2.10 bits per heavy atom. The summed E-state index contributed by atoms with van der Waals surface area (Å²) in [6.45, 7) is 5.82. The van der Waals surface area contributed by atoms with Gasteiger partial charge in [-0.05, 0) is 32.8 Å². The van der Waals surface area contributed by atoms with Gasteiger partial charge in [0, 0.05) is 30.3 Å². The van der Waals surface area contributed by atoms with Crippen molar-refractivity contribution in [3.05, 3.63) is 27.9 Å². The molecule has 1 amide bonds. The van der Waals surface area contributed by atoms with Crippen LogP contribution in [0.3, 0.4) is 0 Å². The van der Waals surface area contributed by atoms with Crippen molar-refractivity contribution in [2.24, 2.45) is 5.92 Å². The van der Waals surface area contributed by atoms with Crippen molar-refractivity contribution >= 4 is 43.7 Å². The highest BCUT2D eigenvalue weighted by atomic mass is 32.2. The third-order valence-electron chi connectivity index (χ3n) is 4.84. The molecule has 0 saturated carbocycles. The maximum absolute atomic E-state index is 13.3. The first-order valence-corrected chi connectivity index (χ1v) is 12.5. The molecule has 30 heavy (non-hydrogen) atoms. The summed E-state index contributed by atoms with van der Waals surface area (Å²) in [4.78, 5) is 22.6. The molecule has 160 valence electrons. The molecule has 0 aliphatic carbocycles. The number of aromatic nitrogens is 3. The van der Waals surface area contributed by atoms with Crippen LogP contribution in [0.2, 0.25) is 0 Å². The van der Waals surface area contributed by atoms with Gasteiger partial charge in [0.05, 0.1) is 21.4 Å². The highest BCUT2D eigenvalue weighted by Crippen LogP contribution is 2.35. The predicted molar refractivity (Wildman–Crippen MR) is 114 cm³/mol. The highest BCUT2D eigenvalue weighted by Gasteiger charge is 2.35. The van der Waals surface area contributed by atoms with Gasteiger partial charge in [-0.2, -0.15) is 9.29 Å². The molecule has 1 fully saturated rings. The van der Waals surface area contributed by atoms with Gasteiger partial charge in [-0.1, -0.05) is 5.16 Å². The van der Waals surface area contributed by atoms with Crippen LogP contribution in [0.4, 0.5) is 5.13 Å². The van der Waals surface area contributed by atoms with Gasteiger partial charge in [-0.3, -0.25) is 4.79 Å². The SMILES string of the molecule is Cc1csc(NC(=O)[C@H]2CCCN(S(=O)(=O)c3cc(-c4noc(C)n4)sc3C)C2)n1. The molecule has 0 bridgehead atoms. The minimum absolute atomic E-state index is 0.143. The van der Waals surface area contributed by atoms with E-state index in [9.17, 15) is 13.2 Å². The Hall–Kier alpha value is -2.15. The molecule has 4 heterocycles. The lowest BCUT2D eigenvalue weighted by Crippen LogP contribution is -2.43. The van der Waals surface area contributed by atoms with Gasteiger partial charge in [-0.25, -0.2) is 13.4 Å². The number of sulfonamides is 1. The van der Waals surface area contributed by atoms with Crippen molar-refractivity contribution in [2.45, 2.75) is 38.5 Å². The molecule has 1 N–H and O–H groups in total. The molecule has 1 aliphatic rings. The van der Waals surface area contributed by atoms with E-state index >= 15 is 0 Å². The van der Waals surface area contributed by atoms with Crippen molar-refractivity contribution < 1.29 is 17.7 Å². The summed E-state index contributed by atoms with van der Waals surface area (Å²) in [6.07, 6.45) is 1.26. The predicted octanol–water partition coefficient (Wildman–Crippen LogP) is 3.22. The molecule has 1 saturated heterocycles. The second-order valence-corrected chi connectivity index (χ2v) is 11.2. The zero-order chi connectivity index (χ0) is 21.5. The van der Waals surface area contributed by atoms with Gasteiger partial charge in [0.1, 0.15) is 0 Å². The van der Waals surface area contributed by atoms with Crippen LogP contribution in [0.25, 0.3) is 10.7 Å². The molecular formula is C18H21N5O4S3. The van der Waals surface area contributed by atoms with E-state index in [1.165, 1.54) is 27.0 Å². The van der Waals surface area contributed by atoms with E-state index in [4.69, 9.17) is 4.52 Å². The van der Waals surface area contributed by atoms with Crippen molar-refractivity contribution in [1.82, 2.24) is 19.4 Å². The number of hydrogen-bond donors (Lipinski definition) is 1. The van der Waals surface area contributed by atoms with E-state index in [2.05, 4.69) is 20.4 Å². The maximum atomic E-state index is 13.3. The number of aryl methyl sites for hydroxylation is 3. The minimum atomic E-state index is -3.74. The number of anilines is 1. The number of thiazole rings is 1. The van der Waals surface area contributed by atoms with Crippen molar-refractivity contribution in [3.63, 3.8) is 0 Å². The van der Waals surface area contributed by atoms with Crippen LogP contribution in [0.1, 0.15) is 29.3 Å². The monoisotopic (exact) mass is 467 g/mol. The maximum Gasteiger partial charge on any atom is 0.244 e. The first-order chi connectivity index (χ1) is 14.2. The molecule has 1 aliphatic heterocycles. The van der Waals surface area contributed by atoms with Gasteiger partial charge in [0.25, 0.3) is 0 Å². The number of nitrogens with zero attached hydrogens (tertiary/aromatic N) is 4. The number of carbonyl (C=O) groups excluding carboxylic acids is 1. The summed E-state index contributed by atoms with van der Waals surface area (Å²) in [5.74, 6) is 0.169.